The Labute approximate surface area is 285 Å². The zero-order valence-corrected chi connectivity index (χ0v) is 27.5. The van der Waals surface area contributed by atoms with Crippen LogP contribution in [-0.4, -0.2) is 0 Å². The first kappa shape index (κ1) is 30.7. The highest BCUT2D eigenvalue weighted by atomic mass is 15.1. The van der Waals surface area contributed by atoms with Gasteiger partial charge in [-0.1, -0.05) is 172 Å². The second-order valence-electron chi connectivity index (χ2n) is 12.4. The summed E-state index contributed by atoms with van der Waals surface area (Å²) in [6.45, 7) is 4.47. The molecule has 0 saturated heterocycles. The van der Waals surface area contributed by atoms with E-state index < -0.39 is 0 Å². The van der Waals surface area contributed by atoms with Crippen molar-refractivity contribution in [3.05, 3.63) is 222 Å². The summed E-state index contributed by atoms with van der Waals surface area (Å²) in [4.78, 5) is 2.32. The first-order valence-corrected chi connectivity index (χ1v) is 16.7. The molecule has 0 aliphatic heterocycles. The lowest BCUT2D eigenvalue weighted by Gasteiger charge is -2.26. The minimum absolute atomic E-state index is 0.498. The largest absolute Gasteiger partial charge is 0.311 e. The van der Waals surface area contributed by atoms with E-state index in [0.717, 1.165) is 17.1 Å². The van der Waals surface area contributed by atoms with Crippen LogP contribution in [0.15, 0.2) is 194 Å². The van der Waals surface area contributed by atoms with Gasteiger partial charge in [-0.05, 0) is 92.4 Å². The van der Waals surface area contributed by atoms with E-state index in [9.17, 15) is 0 Å². The molecule has 232 valence electrons. The van der Waals surface area contributed by atoms with Crippen LogP contribution >= 0.6 is 0 Å². The molecular weight excluding hydrogens is 579 g/mol. The number of hydrogen-bond acceptors (Lipinski definition) is 1. The number of rotatable bonds is 9. The van der Waals surface area contributed by atoms with Gasteiger partial charge in [-0.15, -0.1) is 0 Å². The Hall–Kier alpha value is -5.92. The molecule has 0 unspecified atom stereocenters. The van der Waals surface area contributed by atoms with E-state index in [1.165, 1.54) is 50.1 Å². The van der Waals surface area contributed by atoms with Crippen LogP contribution in [-0.2, 0) is 0 Å². The van der Waals surface area contributed by atoms with Crippen molar-refractivity contribution in [2.75, 3.05) is 4.90 Å². The number of hydrogen-bond donors (Lipinski definition) is 0. The Morgan fingerprint density at radius 1 is 0.333 bits per heavy atom. The first-order chi connectivity index (χ1) is 23.7. The van der Waals surface area contributed by atoms with Crippen molar-refractivity contribution in [1.29, 1.82) is 0 Å². The number of para-hydroxylation sites is 1. The first-order valence-electron chi connectivity index (χ1n) is 16.7. The smallest absolute Gasteiger partial charge is 0.0462 e. The third kappa shape index (κ3) is 6.63. The Bertz CT molecular complexity index is 2040. The summed E-state index contributed by atoms with van der Waals surface area (Å²) in [5.41, 5.74) is 14.3. The van der Waals surface area contributed by atoms with Gasteiger partial charge in [-0.2, -0.15) is 0 Å². The Morgan fingerprint density at radius 2 is 0.646 bits per heavy atom. The Balaban J connectivity index is 1.27. The van der Waals surface area contributed by atoms with Gasteiger partial charge < -0.3 is 4.90 Å². The minimum Gasteiger partial charge on any atom is -0.311 e. The maximum absolute atomic E-state index is 2.32. The van der Waals surface area contributed by atoms with Gasteiger partial charge in [-0.3, -0.25) is 0 Å². The molecule has 1 nitrogen and oxygen atoms in total. The van der Waals surface area contributed by atoms with Crippen molar-refractivity contribution < 1.29 is 0 Å². The van der Waals surface area contributed by atoms with Gasteiger partial charge in [0, 0.05) is 17.1 Å². The third-order valence-electron chi connectivity index (χ3n) is 8.90. The zero-order valence-electron chi connectivity index (χ0n) is 27.5. The average Bonchev–Trinajstić information content (AvgIpc) is 3.16. The topological polar surface area (TPSA) is 3.24 Å². The fourth-order valence-electron chi connectivity index (χ4n) is 6.39. The standard InChI is InChI=1S/C47H39N/c1-35(2)36-27-31-44(32-28-36)48(43-21-13-6-14-22-43)45-33-29-38(30-34-45)37-23-25-42(26-24-37)47(41-19-11-5-12-20-41)46(39-15-7-3-8-16-39)40-17-9-4-10-18-40/h3-35H,1-2H3. The molecule has 0 spiro atoms. The van der Waals surface area contributed by atoms with Crippen LogP contribution in [0.2, 0.25) is 0 Å². The maximum Gasteiger partial charge on any atom is 0.0462 e. The van der Waals surface area contributed by atoms with Crippen LogP contribution in [0.1, 0.15) is 47.6 Å². The van der Waals surface area contributed by atoms with E-state index in [0.29, 0.717) is 5.92 Å². The van der Waals surface area contributed by atoms with Gasteiger partial charge in [0.15, 0.2) is 0 Å². The molecular formula is C47H39N. The van der Waals surface area contributed by atoms with Crippen molar-refractivity contribution in [1.82, 2.24) is 0 Å². The predicted octanol–water partition coefficient (Wildman–Crippen LogP) is 13.0. The minimum atomic E-state index is 0.498. The van der Waals surface area contributed by atoms with Crippen molar-refractivity contribution in [3.63, 3.8) is 0 Å². The SMILES string of the molecule is CC(C)c1ccc(N(c2ccccc2)c2ccc(-c3ccc(C(=C(c4ccccc4)c4ccccc4)c4ccccc4)cc3)cc2)cc1. The summed E-state index contributed by atoms with van der Waals surface area (Å²) in [6, 6.07) is 69.7. The molecule has 0 atom stereocenters. The Kier molecular flexibility index (Phi) is 9.11. The van der Waals surface area contributed by atoms with Gasteiger partial charge >= 0.3 is 0 Å². The van der Waals surface area contributed by atoms with Crippen LogP contribution in [0.4, 0.5) is 17.1 Å². The molecule has 0 heterocycles. The van der Waals surface area contributed by atoms with Gasteiger partial charge in [0.05, 0.1) is 0 Å². The monoisotopic (exact) mass is 617 g/mol. The van der Waals surface area contributed by atoms with Gasteiger partial charge in [0.25, 0.3) is 0 Å². The van der Waals surface area contributed by atoms with Crippen LogP contribution in [0.25, 0.3) is 22.3 Å². The van der Waals surface area contributed by atoms with Crippen LogP contribution in [0, 0.1) is 0 Å². The van der Waals surface area contributed by atoms with Gasteiger partial charge in [0.2, 0.25) is 0 Å². The fourth-order valence-corrected chi connectivity index (χ4v) is 6.39. The van der Waals surface area contributed by atoms with E-state index in [1.807, 2.05) is 0 Å². The van der Waals surface area contributed by atoms with Crippen molar-refractivity contribution in [2.24, 2.45) is 0 Å². The zero-order chi connectivity index (χ0) is 32.7. The summed E-state index contributed by atoms with van der Waals surface area (Å²) in [7, 11) is 0. The highest BCUT2D eigenvalue weighted by molar-refractivity contribution is 6.04. The molecule has 0 radical (unpaired) electrons. The molecule has 48 heavy (non-hydrogen) atoms. The van der Waals surface area contributed by atoms with Crippen molar-refractivity contribution in [3.8, 4) is 11.1 Å². The van der Waals surface area contributed by atoms with Crippen LogP contribution < -0.4 is 4.90 Å². The van der Waals surface area contributed by atoms with E-state index in [4.69, 9.17) is 0 Å². The predicted molar refractivity (Wildman–Crippen MR) is 205 cm³/mol. The van der Waals surface area contributed by atoms with E-state index in [1.54, 1.807) is 0 Å². The highest BCUT2D eigenvalue weighted by Crippen LogP contribution is 2.39. The summed E-state index contributed by atoms with van der Waals surface area (Å²) in [6.07, 6.45) is 0. The molecule has 7 rings (SSSR count). The number of nitrogens with zero attached hydrogens (tertiary/aromatic N) is 1. The summed E-state index contributed by atoms with van der Waals surface area (Å²) < 4.78 is 0. The molecule has 0 aromatic heterocycles. The van der Waals surface area contributed by atoms with Crippen LogP contribution in [0.5, 0.6) is 0 Å². The average molecular weight is 618 g/mol. The molecule has 0 aliphatic rings. The summed E-state index contributed by atoms with van der Waals surface area (Å²) in [5, 5.41) is 0. The maximum atomic E-state index is 2.32. The molecule has 7 aromatic carbocycles. The van der Waals surface area contributed by atoms with Gasteiger partial charge in [0.1, 0.15) is 0 Å². The summed E-state index contributed by atoms with van der Waals surface area (Å²) >= 11 is 0. The molecule has 0 aliphatic carbocycles. The lowest BCUT2D eigenvalue weighted by atomic mass is 9.85. The molecule has 0 amide bonds. The van der Waals surface area contributed by atoms with E-state index in [-0.39, 0.29) is 0 Å². The summed E-state index contributed by atoms with van der Waals surface area (Å²) in [5.74, 6) is 0.498. The molecule has 1 heteroatoms. The second-order valence-corrected chi connectivity index (χ2v) is 12.4. The van der Waals surface area contributed by atoms with Crippen LogP contribution in [0.3, 0.4) is 0 Å². The molecule has 0 bridgehead atoms. The second kappa shape index (κ2) is 14.2. The quantitative estimate of drug-likeness (QED) is 0.146. The number of anilines is 3. The normalized spacial score (nSPS) is 10.9. The third-order valence-corrected chi connectivity index (χ3v) is 8.90. The molecule has 0 saturated carbocycles. The van der Waals surface area contributed by atoms with E-state index >= 15 is 0 Å². The molecule has 0 fully saturated rings. The van der Waals surface area contributed by atoms with Gasteiger partial charge in [-0.25, -0.2) is 0 Å². The van der Waals surface area contributed by atoms with E-state index in [2.05, 4.69) is 213 Å². The van der Waals surface area contributed by atoms with Crippen molar-refractivity contribution >= 4 is 28.2 Å². The Morgan fingerprint density at radius 3 is 1.04 bits per heavy atom. The molecule has 0 N–H and O–H groups in total. The lowest BCUT2D eigenvalue weighted by molar-refractivity contribution is 0.866. The fraction of sp³-hybridized carbons (Fsp3) is 0.0638. The molecule has 7 aromatic rings. The van der Waals surface area contributed by atoms with Crippen molar-refractivity contribution in [2.45, 2.75) is 19.8 Å². The number of benzene rings is 7. The lowest BCUT2D eigenvalue weighted by Crippen LogP contribution is -2.09. The highest BCUT2D eigenvalue weighted by Gasteiger charge is 2.17.